The number of aliphatic hydroxyl groups is 1. The predicted octanol–water partition coefficient (Wildman–Crippen LogP) is 2.35. The molecule has 1 saturated heterocycles. The number of rotatable bonds is 5. The zero-order valence-corrected chi connectivity index (χ0v) is 13.8. The smallest absolute Gasteiger partial charge is 0.319 e. The fraction of sp³-hybridized carbons (Fsp3) is 0.588. The van der Waals surface area contributed by atoms with E-state index < -0.39 is 12.1 Å². The second-order valence-corrected chi connectivity index (χ2v) is 6.44. The van der Waals surface area contributed by atoms with Gasteiger partial charge in [0.05, 0.1) is 6.10 Å². The highest BCUT2D eigenvalue weighted by Gasteiger charge is 2.18. The van der Waals surface area contributed by atoms with E-state index in [4.69, 9.17) is 0 Å². The third-order valence-electron chi connectivity index (χ3n) is 4.27. The molecule has 2 rings (SSSR count). The summed E-state index contributed by atoms with van der Waals surface area (Å²) in [6.07, 6.45) is 1.70. The van der Waals surface area contributed by atoms with Crippen LogP contribution in [0, 0.1) is 18.7 Å². The first-order valence-corrected chi connectivity index (χ1v) is 8.15. The second kappa shape index (κ2) is 8.26. The van der Waals surface area contributed by atoms with Crippen molar-refractivity contribution >= 4 is 11.7 Å². The van der Waals surface area contributed by atoms with Crippen LogP contribution >= 0.6 is 0 Å². The molecule has 6 heteroatoms. The van der Waals surface area contributed by atoms with Crippen molar-refractivity contribution in [3.8, 4) is 0 Å². The molecule has 1 atom stereocenters. The Morgan fingerprint density at radius 3 is 2.78 bits per heavy atom. The number of nitrogens with zero attached hydrogens (tertiary/aromatic N) is 1. The van der Waals surface area contributed by atoms with Gasteiger partial charge in [-0.3, -0.25) is 0 Å². The Bertz CT molecular complexity index is 531. The first-order valence-electron chi connectivity index (χ1n) is 8.15. The van der Waals surface area contributed by atoms with Crippen LogP contribution in [-0.4, -0.2) is 48.3 Å². The number of hydrogen-bond donors (Lipinski definition) is 3. The Morgan fingerprint density at radius 1 is 1.43 bits per heavy atom. The normalized spacial score (nSPS) is 17.7. The summed E-state index contributed by atoms with van der Waals surface area (Å²) in [7, 11) is 0. The maximum absolute atomic E-state index is 13.4. The first-order chi connectivity index (χ1) is 10.9. The number of nitrogens with one attached hydrogen (secondary N) is 2. The van der Waals surface area contributed by atoms with Gasteiger partial charge in [-0.25, -0.2) is 9.18 Å². The summed E-state index contributed by atoms with van der Waals surface area (Å²) in [4.78, 5) is 14.0. The van der Waals surface area contributed by atoms with Gasteiger partial charge in [0.25, 0.3) is 0 Å². The van der Waals surface area contributed by atoms with Crippen LogP contribution in [0.3, 0.4) is 0 Å². The van der Waals surface area contributed by atoms with Gasteiger partial charge in [0.15, 0.2) is 0 Å². The third kappa shape index (κ3) is 5.80. The molecule has 3 N–H and O–H groups in total. The number of aryl methyl sites for hydroxylation is 1. The summed E-state index contributed by atoms with van der Waals surface area (Å²) < 4.78 is 13.4. The number of hydrogen-bond acceptors (Lipinski definition) is 3. The van der Waals surface area contributed by atoms with Crippen LogP contribution in [-0.2, 0) is 0 Å². The highest BCUT2D eigenvalue weighted by atomic mass is 19.1. The van der Waals surface area contributed by atoms with Gasteiger partial charge in [-0.05, 0) is 56.5 Å². The topological polar surface area (TPSA) is 64.6 Å². The predicted molar refractivity (Wildman–Crippen MR) is 89.0 cm³/mol. The molecule has 0 aromatic heterocycles. The van der Waals surface area contributed by atoms with E-state index in [0.717, 1.165) is 31.8 Å². The molecule has 23 heavy (non-hydrogen) atoms. The number of anilines is 1. The molecule has 1 heterocycles. The van der Waals surface area contributed by atoms with E-state index in [0.29, 0.717) is 17.8 Å². The van der Waals surface area contributed by atoms with Crippen LogP contribution in [0.15, 0.2) is 18.2 Å². The summed E-state index contributed by atoms with van der Waals surface area (Å²) in [5.41, 5.74) is 0.923. The van der Waals surface area contributed by atoms with Crippen molar-refractivity contribution < 1.29 is 14.3 Å². The Labute approximate surface area is 136 Å². The Morgan fingerprint density at radius 2 is 2.13 bits per heavy atom. The number of carbonyl (C=O) groups excluding carboxylic acids is 1. The van der Waals surface area contributed by atoms with E-state index in [1.807, 2.05) is 0 Å². The van der Waals surface area contributed by atoms with Gasteiger partial charge in [0.1, 0.15) is 5.82 Å². The molecule has 0 bridgehead atoms. The fourth-order valence-electron chi connectivity index (χ4n) is 2.66. The minimum absolute atomic E-state index is 0.173. The molecule has 0 saturated carbocycles. The summed E-state index contributed by atoms with van der Waals surface area (Å²) in [5, 5.41) is 15.2. The second-order valence-electron chi connectivity index (χ2n) is 6.44. The molecular formula is C17H26FN3O2. The number of piperidine rings is 1. The Hall–Kier alpha value is -1.66. The monoisotopic (exact) mass is 323 g/mol. The van der Waals surface area contributed by atoms with Crippen molar-refractivity contribution in [1.29, 1.82) is 0 Å². The van der Waals surface area contributed by atoms with Crippen molar-refractivity contribution in [3.63, 3.8) is 0 Å². The number of benzene rings is 1. The molecule has 0 radical (unpaired) electrons. The number of urea groups is 1. The third-order valence-corrected chi connectivity index (χ3v) is 4.27. The highest BCUT2D eigenvalue weighted by Crippen LogP contribution is 2.16. The maximum Gasteiger partial charge on any atom is 0.319 e. The van der Waals surface area contributed by atoms with Crippen molar-refractivity contribution in [2.75, 3.05) is 31.5 Å². The van der Waals surface area contributed by atoms with E-state index >= 15 is 0 Å². The SMILES string of the molecule is Cc1ccc(NC(=O)NCC(O)CN2CCC(C)CC2)cc1F. The molecule has 0 aliphatic carbocycles. The largest absolute Gasteiger partial charge is 0.390 e. The molecule has 1 aliphatic heterocycles. The van der Waals surface area contributed by atoms with Crippen LogP contribution < -0.4 is 10.6 Å². The van der Waals surface area contributed by atoms with Crippen LogP contribution in [0.25, 0.3) is 0 Å². The lowest BCUT2D eigenvalue weighted by atomic mass is 9.99. The average molecular weight is 323 g/mol. The quantitative estimate of drug-likeness (QED) is 0.779. The summed E-state index contributed by atoms with van der Waals surface area (Å²) in [5.74, 6) is 0.393. The molecule has 1 aromatic rings. The van der Waals surface area contributed by atoms with Crippen LogP contribution in [0.1, 0.15) is 25.3 Å². The van der Waals surface area contributed by atoms with Crippen LogP contribution in [0.4, 0.5) is 14.9 Å². The average Bonchev–Trinajstić information content (AvgIpc) is 2.51. The van der Waals surface area contributed by atoms with E-state index in [1.165, 1.54) is 6.07 Å². The van der Waals surface area contributed by atoms with Crippen molar-refractivity contribution in [2.45, 2.75) is 32.8 Å². The molecule has 1 aliphatic rings. The molecule has 0 spiro atoms. The fourth-order valence-corrected chi connectivity index (χ4v) is 2.66. The van der Waals surface area contributed by atoms with Gasteiger partial charge in [-0.1, -0.05) is 13.0 Å². The maximum atomic E-state index is 13.4. The Kier molecular flexibility index (Phi) is 6.36. The lowest BCUT2D eigenvalue weighted by molar-refractivity contribution is 0.0924. The molecular weight excluding hydrogens is 297 g/mol. The number of β-amino-alcohol motifs (C(OH)–C–C–N with tert-alkyl or cyclic N) is 1. The van der Waals surface area contributed by atoms with E-state index in [-0.39, 0.29) is 12.4 Å². The summed E-state index contributed by atoms with van der Waals surface area (Å²) in [6, 6.07) is 4.08. The highest BCUT2D eigenvalue weighted by molar-refractivity contribution is 5.89. The molecule has 2 amide bonds. The molecule has 1 unspecified atom stereocenters. The number of carbonyl (C=O) groups is 1. The summed E-state index contributed by atoms with van der Waals surface area (Å²) >= 11 is 0. The van der Waals surface area contributed by atoms with E-state index in [9.17, 15) is 14.3 Å². The lowest BCUT2D eigenvalue weighted by Crippen LogP contribution is -2.43. The zero-order chi connectivity index (χ0) is 16.8. The van der Waals surface area contributed by atoms with Gasteiger partial charge in [0, 0.05) is 18.8 Å². The van der Waals surface area contributed by atoms with Gasteiger partial charge in [0.2, 0.25) is 0 Å². The first kappa shape index (κ1) is 17.7. The standard InChI is InChI=1S/C17H26FN3O2/c1-12-5-7-21(8-6-12)11-15(22)10-19-17(23)20-14-4-3-13(2)16(18)9-14/h3-4,9,12,15,22H,5-8,10-11H2,1-2H3,(H2,19,20,23). The molecule has 128 valence electrons. The van der Waals surface area contributed by atoms with Crippen LogP contribution in [0.2, 0.25) is 0 Å². The summed E-state index contributed by atoms with van der Waals surface area (Å²) in [6.45, 7) is 6.63. The lowest BCUT2D eigenvalue weighted by Gasteiger charge is -2.31. The van der Waals surface area contributed by atoms with Gasteiger partial charge >= 0.3 is 6.03 Å². The number of aliphatic hydroxyl groups excluding tert-OH is 1. The number of likely N-dealkylation sites (tertiary alicyclic amines) is 1. The molecule has 1 fully saturated rings. The molecule has 1 aromatic carbocycles. The zero-order valence-electron chi connectivity index (χ0n) is 13.8. The van der Waals surface area contributed by atoms with E-state index in [2.05, 4.69) is 22.5 Å². The van der Waals surface area contributed by atoms with Crippen molar-refractivity contribution in [2.24, 2.45) is 5.92 Å². The van der Waals surface area contributed by atoms with Crippen molar-refractivity contribution in [3.05, 3.63) is 29.6 Å². The van der Waals surface area contributed by atoms with Crippen molar-refractivity contribution in [1.82, 2.24) is 10.2 Å². The van der Waals surface area contributed by atoms with Gasteiger partial charge in [-0.15, -0.1) is 0 Å². The minimum Gasteiger partial charge on any atom is -0.390 e. The Balaban J connectivity index is 1.70. The molecule has 5 nitrogen and oxygen atoms in total. The van der Waals surface area contributed by atoms with Gasteiger partial charge in [-0.2, -0.15) is 0 Å². The number of halogens is 1. The minimum atomic E-state index is -0.607. The van der Waals surface area contributed by atoms with Gasteiger partial charge < -0.3 is 20.6 Å². The van der Waals surface area contributed by atoms with E-state index in [1.54, 1.807) is 19.1 Å². The number of amides is 2. The van der Waals surface area contributed by atoms with Crippen LogP contribution in [0.5, 0.6) is 0 Å².